The number of aryl methyl sites for hydroxylation is 1. The zero-order valence-electron chi connectivity index (χ0n) is 9.00. The van der Waals surface area contributed by atoms with Crippen LogP contribution in [0.1, 0.15) is 18.4 Å². The second-order valence-electron chi connectivity index (χ2n) is 3.97. The van der Waals surface area contributed by atoms with E-state index in [2.05, 4.69) is 58.9 Å². The minimum Gasteiger partial charge on any atom is -0.349 e. The van der Waals surface area contributed by atoms with E-state index in [9.17, 15) is 0 Å². The van der Waals surface area contributed by atoms with Crippen molar-refractivity contribution in [2.45, 2.75) is 12.8 Å². The molecule has 1 heterocycles. The molecule has 3 heteroatoms. The summed E-state index contributed by atoms with van der Waals surface area (Å²) in [5, 5.41) is 1.29. The Balaban J connectivity index is 2.75. The Hall–Kier alpha value is -0.800. The molecule has 0 aliphatic rings. The van der Waals surface area contributed by atoms with Crippen molar-refractivity contribution >= 4 is 26.8 Å². The highest BCUT2D eigenvalue weighted by Crippen LogP contribution is 2.32. The molecule has 2 N–H and O–H groups in total. The predicted octanol–water partition coefficient (Wildman–Crippen LogP) is 3.00. The van der Waals surface area contributed by atoms with Crippen LogP contribution in [-0.4, -0.2) is 11.1 Å². The van der Waals surface area contributed by atoms with E-state index in [4.69, 9.17) is 5.73 Å². The summed E-state index contributed by atoms with van der Waals surface area (Å²) in [4.78, 5) is 0. The molecule has 1 aromatic carbocycles. The minimum absolute atomic E-state index is 0.396. The Morgan fingerprint density at radius 1 is 1.47 bits per heavy atom. The number of rotatable bonds is 2. The third-order valence-corrected chi connectivity index (χ3v) is 3.49. The van der Waals surface area contributed by atoms with Gasteiger partial charge in [-0.3, -0.25) is 0 Å². The van der Waals surface area contributed by atoms with E-state index in [0.717, 1.165) is 4.47 Å². The number of fused-ring (bicyclic) bond motifs is 1. The van der Waals surface area contributed by atoms with Crippen LogP contribution in [0, 0.1) is 0 Å². The molecule has 2 rings (SSSR count). The van der Waals surface area contributed by atoms with Crippen molar-refractivity contribution in [3.8, 4) is 0 Å². The molecule has 80 valence electrons. The minimum atomic E-state index is 0.396. The number of aromatic nitrogens is 1. The molecule has 0 saturated carbocycles. The van der Waals surface area contributed by atoms with E-state index in [1.54, 1.807) is 0 Å². The van der Waals surface area contributed by atoms with Crippen LogP contribution in [0.4, 0.5) is 0 Å². The van der Waals surface area contributed by atoms with Gasteiger partial charge in [-0.1, -0.05) is 19.1 Å². The van der Waals surface area contributed by atoms with Crippen LogP contribution in [0.15, 0.2) is 28.9 Å². The van der Waals surface area contributed by atoms with Crippen LogP contribution in [0.3, 0.4) is 0 Å². The molecule has 1 atom stereocenters. The van der Waals surface area contributed by atoms with E-state index in [1.807, 2.05) is 0 Å². The highest BCUT2D eigenvalue weighted by atomic mass is 79.9. The van der Waals surface area contributed by atoms with Crippen molar-refractivity contribution in [1.82, 2.24) is 4.57 Å². The highest BCUT2D eigenvalue weighted by molar-refractivity contribution is 9.10. The largest absolute Gasteiger partial charge is 0.349 e. The zero-order chi connectivity index (χ0) is 11.0. The summed E-state index contributed by atoms with van der Waals surface area (Å²) in [5.41, 5.74) is 8.30. The van der Waals surface area contributed by atoms with Crippen LogP contribution in [-0.2, 0) is 7.05 Å². The van der Waals surface area contributed by atoms with Gasteiger partial charge in [0, 0.05) is 28.6 Å². The summed E-state index contributed by atoms with van der Waals surface area (Å²) in [7, 11) is 2.06. The number of hydrogen-bond acceptors (Lipinski definition) is 1. The molecule has 0 saturated heterocycles. The summed E-state index contributed by atoms with van der Waals surface area (Å²) >= 11 is 3.60. The molecule has 0 amide bonds. The average molecular weight is 267 g/mol. The smallest absolute Gasteiger partial charge is 0.0492 e. The van der Waals surface area contributed by atoms with E-state index >= 15 is 0 Å². The van der Waals surface area contributed by atoms with E-state index in [1.165, 1.54) is 16.5 Å². The first kappa shape index (κ1) is 10.7. The quantitative estimate of drug-likeness (QED) is 0.890. The van der Waals surface area contributed by atoms with Crippen LogP contribution in [0.5, 0.6) is 0 Å². The van der Waals surface area contributed by atoms with Gasteiger partial charge in [0.2, 0.25) is 0 Å². The second kappa shape index (κ2) is 3.99. The molecular formula is C12H15BrN2. The van der Waals surface area contributed by atoms with Gasteiger partial charge in [-0.15, -0.1) is 0 Å². The lowest BCUT2D eigenvalue weighted by molar-refractivity contribution is 0.780. The van der Waals surface area contributed by atoms with Crippen molar-refractivity contribution in [3.63, 3.8) is 0 Å². The van der Waals surface area contributed by atoms with E-state index < -0.39 is 0 Å². The number of nitrogens with two attached hydrogens (primary N) is 1. The lowest BCUT2D eigenvalue weighted by Crippen LogP contribution is -2.09. The van der Waals surface area contributed by atoms with Gasteiger partial charge in [-0.25, -0.2) is 0 Å². The Kier molecular flexibility index (Phi) is 2.85. The predicted molar refractivity (Wildman–Crippen MR) is 68.1 cm³/mol. The first-order chi connectivity index (χ1) is 7.15. The summed E-state index contributed by atoms with van der Waals surface area (Å²) in [6.45, 7) is 2.84. The third-order valence-electron chi connectivity index (χ3n) is 2.88. The normalized spacial score (nSPS) is 13.3. The molecular weight excluding hydrogens is 252 g/mol. The molecule has 0 bridgehead atoms. The van der Waals surface area contributed by atoms with Crippen molar-refractivity contribution in [3.05, 3.63) is 34.4 Å². The Morgan fingerprint density at radius 2 is 2.20 bits per heavy atom. The summed E-state index contributed by atoms with van der Waals surface area (Å²) in [6, 6.07) is 6.38. The topological polar surface area (TPSA) is 30.9 Å². The second-order valence-corrected chi connectivity index (χ2v) is 4.82. The molecule has 0 aliphatic carbocycles. The molecule has 0 spiro atoms. The van der Waals surface area contributed by atoms with Gasteiger partial charge in [0.25, 0.3) is 0 Å². The van der Waals surface area contributed by atoms with Gasteiger partial charge in [0.05, 0.1) is 0 Å². The third kappa shape index (κ3) is 1.70. The van der Waals surface area contributed by atoms with E-state index in [-0.39, 0.29) is 0 Å². The molecule has 0 aliphatic heterocycles. The standard InChI is InChI=1S/C12H15BrN2/c1-8(6-14)9-4-3-5-11-12(9)10(13)7-15(11)2/h3-5,7-8H,6,14H2,1-2H3. The first-order valence-electron chi connectivity index (χ1n) is 5.08. The van der Waals surface area contributed by atoms with Gasteiger partial charge < -0.3 is 10.3 Å². The van der Waals surface area contributed by atoms with Crippen LogP contribution < -0.4 is 5.73 Å². The Bertz CT molecular complexity index is 488. The van der Waals surface area contributed by atoms with Gasteiger partial charge in [-0.05, 0) is 40.0 Å². The fourth-order valence-corrected chi connectivity index (χ4v) is 2.69. The van der Waals surface area contributed by atoms with Gasteiger partial charge in [-0.2, -0.15) is 0 Å². The lowest BCUT2D eigenvalue weighted by atomic mass is 9.98. The Morgan fingerprint density at radius 3 is 2.87 bits per heavy atom. The molecule has 0 fully saturated rings. The number of hydrogen-bond donors (Lipinski definition) is 1. The summed E-state index contributed by atoms with van der Waals surface area (Å²) in [5.74, 6) is 0.396. The number of halogens is 1. The van der Waals surface area contributed by atoms with Crippen LogP contribution in [0.25, 0.3) is 10.9 Å². The lowest BCUT2D eigenvalue weighted by Gasteiger charge is -2.11. The monoisotopic (exact) mass is 266 g/mol. The van der Waals surface area contributed by atoms with Crippen molar-refractivity contribution in [1.29, 1.82) is 0 Å². The Labute approximate surface area is 98.2 Å². The first-order valence-corrected chi connectivity index (χ1v) is 5.88. The summed E-state index contributed by atoms with van der Waals surface area (Å²) in [6.07, 6.45) is 2.09. The van der Waals surface area contributed by atoms with Crippen LogP contribution >= 0.6 is 15.9 Å². The maximum atomic E-state index is 5.73. The molecule has 1 aromatic heterocycles. The highest BCUT2D eigenvalue weighted by Gasteiger charge is 2.12. The maximum absolute atomic E-state index is 5.73. The van der Waals surface area contributed by atoms with Crippen molar-refractivity contribution in [2.24, 2.45) is 12.8 Å². The van der Waals surface area contributed by atoms with Crippen molar-refractivity contribution in [2.75, 3.05) is 6.54 Å². The fourth-order valence-electron chi connectivity index (χ4n) is 1.95. The van der Waals surface area contributed by atoms with Gasteiger partial charge in [0.1, 0.15) is 0 Å². The summed E-state index contributed by atoms with van der Waals surface area (Å²) < 4.78 is 3.28. The molecule has 0 radical (unpaired) electrons. The van der Waals surface area contributed by atoms with Gasteiger partial charge in [0.15, 0.2) is 0 Å². The van der Waals surface area contributed by atoms with Crippen molar-refractivity contribution < 1.29 is 0 Å². The van der Waals surface area contributed by atoms with E-state index in [0.29, 0.717) is 12.5 Å². The molecule has 15 heavy (non-hydrogen) atoms. The van der Waals surface area contributed by atoms with Crippen LogP contribution in [0.2, 0.25) is 0 Å². The molecule has 1 unspecified atom stereocenters. The molecule has 2 aromatic rings. The SMILES string of the molecule is CC(CN)c1cccc2c1c(Br)cn2C. The zero-order valence-corrected chi connectivity index (χ0v) is 10.6. The molecule has 2 nitrogen and oxygen atoms in total. The average Bonchev–Trinajstić information content (AvgIpc) is 2.54. The number of nitrogens with zero attached hydrogens (tertiary/aromatic N) is 1. The number of benzene rings is 1. The van der Waals surface area contributed by atoms with Gasteiger partial charge >= 0.3 is 0 Å². The maximum Gasteiger partial charge on any atom is 0.0492 e. The fraction of sp³-hybridized carbons (Fsp3) is 0.333.